The Hall–Kier alpha value is -2.11. The van der Waals surface area contributed by atoms with Crippen LogP contribution in [0.2, 0.25) is 0 Å². The minimum atomic E-state index is -0.487. The molecule has 18 heavy (non-hydrogen) atoms. The summed E-state index contributed by atoms with van der Waals surface area (Å²) in [6.07, 6.45) is -0.487. The molecule has 2 rings (SSSR count). The first-order valence-electron chi connectivity index (χ1n) is 5.71. The Morgan fingerprint density at radius 1 is 1.00 bits per heavy atom. The van der Waals surface area contributed by atoms with Gasteiger partial charge in [-0.3, -0.25) is 0 Å². The fourth-order valence-electron chi connectivity index (χ4n) is 1.55. The number of hydrogen-bond acceptors (Lipinski definition) is 1. The summed E-state index contributed by atoms with van der Waals surface area (Å²) < 4.78 is 13.3. The summed E-state index contributed by atoms with van der Waals surface area (Å²) in [7, 11) is 0. The molecule has 0 amide bonds. The molecule has 1 nitrogen and oxygen atoms in total. The number of hydrogen-bond donors (Lipinski definition) is 1. The highest BCUT2D eigenvalue weighted by atomic mass is 19.1. The zero-order valence-electron chi connectivity index (χ0n) is 10.0. The molecule has 0 aromatic heterocycles. The van der Waals surface area contributed by atoms with Crippen LogP contribution in [-0.2, 0) is 0 Å². The molecular formula is C16H13FO. The van der Waals surface area contributed by atoms with Gasteiger partial charge in [-0.05, 0) is 36.8 Å². The van der Waals surface area contributed by atoms with E-state index in [1.54, 1.807) is 25.1 Å². The molecule has 90 valence electrons. The lowest BCUT2D eigenvalue weighted by Crippen LogP contribution is -1.90. The van der Waals surface area contributed by atoms with Crippen molar-refractivity contribution in [3.63, 3.8) is 0 Å². The van der Waals surface area contributed by atoms with Gasteiger partial charge in [0.05, 0.1) is 11.7 Å². The average Bonchev–Trinajstić information content (AvgIpc) is 2.38. The van der Waals surface area contributed by atoms with Crippen LogP contribution in [0.15, 0.2) is 48.5 Å². The van der Waals surface area contributed by atoms with Crippen molar-refractivity contribution in [2.75, 3.05) is 0 Å². The van der Waals surface area contributed by atoms with Crippen molar-refractivity contribution in [2.45, 2.75) is 13.0 Å². The largest absolute Gasteiger partial charge is 0.389 e. The maximum Gasteiger partial charge on any atom is 0.138 e. The minimum Gasteiger partial charge on any atom is -0.389 e. The Morgan fingerprint density at radius 3 is 2.28 bits per heavy atom. The fourth-order valence-corrected chi connectivity index (χ4v) is 1.55. The van der Waals surface area contributed by atoms with E-state index in [9.17, 15) is 9.50 Å². The Morgan fingerprint density at radius 2 is 1.67 bits per heavy atom. The van der Waals surface area contributed by atoms with E-state index < -0.39 is 6.10 Å². The van der Waals surface area contributed by atoms with Crippen LogP contribution in [-0.4, -0.2) is 5.11 Å². The smallest absolute Gasteiger partial charge is 0.138 e. The maximum absolute atomic E-state index is 13.3. The Kier molecular flexibility index (Phi) is 3.76. The maximum atomic E-state index is 13.3. The molecule has 1 N–H and O–H groups in total. The first kappa shape index (κ1) is 12.3. The summed E-state index contributed by atoms with van der Waals surface area (Å²) in [5, 5.41) is 9.37. The van der Waals surface area contributed by atoms with E-state index in [0.717, 1.165) is 11.1 Å². The first-order chi connectivity index (χ1) is 8.66. The lowest BCUT2D eigenvalue weighted by molar-refractivity contribution is 0.199. The number of aliphatic hydroxyl groups excluding tert-OH is 1. The van der Waals surface area contributed by atoms with Gasteiger partial charge >= 0.3 is 0 Å². The van der Waals surface area contributed by atoms with Gasteiger partial charge in [0, 0.05) is 5.56 Å². The number of rotatable bonds is 1. The van der Waals surface area contributed by atoms with E-state index in [0.29, 0.717) is 5.56 Å². The van der Waals surface area contributed by atoms with Gasteiger partial charge in [-0.25, -0.2) is 4.39 Å². The lowest BCUT2D eigenvalue weighted by atomic mass is 10.1. The molecule has 0 heterocycles. The lowest BCUT2D eigenvalue weighted by Gasteiger charge is -2.03. The molecule has 2 aromatic rings. The third-order valence-corrected chi connectivity index (χ3v) is 2.61. The Balaban J connectivity index is 2.23. The van der Waals surface area contributed by atoms with Gasteiger partial charge in [0.2, 0.25) is 0 Å². The number of aliphatic hydroxyl groups is 1. The third-order valence-electron chi connectivity index (χ3n) is 2.61. The number of halogens is 1. The van der Waals surface area contributed by atoms with Gasteiger partial charge in [-0.1, -0.05) is 36.1 Å². The SMILES string of the molecule is C[C@H](O)c1ccc(C#Cc2ccccc2F)cc1. The summed E-state index contributed by atoms with van der Waals surface area (Å²) >= 11 is 0. The van der Waals surface area contributed by atoms with E-state index >= 15 is 0 Å². The molecule has 0 spiro atoms. The van der Waals surface area contributed by atoms with Crippen molar-refractivity contribution in [1.29, 1.82) is 0 Å². The van der Waals surface area contributed by atoms with Crippen molar-refractivity contribution in [3.05, 3.63) is 71.0 Å². The van der Waals surface area contributed by atoms with Crippen LogP contribution < -0.4 is 0 Å². The van der Waals surface area contributed by atoms with Crippen molar-refractivity contribution < 1.29 is 9.50 Å². The Bertz CT molecular complexity index is 588. The first-order valence-corrected chi connectivity index (χ1v) is 5.71. The zero-order valence-corrected chi connectivity index (χ0v) is 10.0. The molecule has 0 aliphatic heterocycles. The van der Waals surface area contributed by atoms with E-state index in [-0.39, 0.29) is 5.82 Å². The topological polar surface area (TPSA) is 20.2 Å². The monoisotopic (exact) mass is 240 g/mol. The predicted octanol–water partition coefficient (Wildman–Crippen LogP) is 3.28. The highest BCUT2D eigenvalue weighted by Crippen LogP contribution is 2.12. The molecule has 0 aliphatic carbocycles. The third kappa shape index (κ3) is 2.97. The molecule has 0 radical (unpaired) electrons. The van der Waals surface area contributed by atoms with E-state index in [1.807, 2.05) is 24.3 Å². The molecule has 2 heteroatoms. The number of benzene rings is 2. The van der Waals surface area contributed by atoms with Crippen LogP contribution in [0.5, 0.6) is 0 Å². The van der Waals surface area contributed by atoms with Crippen LogP contribution in [0, 0.1) is 17.7 Å². The molecule has 0 fully saturated rings. The van der Waals surface area contributed by atoms with Gasteiger partial charge in [0.25, 0.3) is 0 Å². The normalized spacial score (nSPS) is 11.5. The second-order valence-corrected chi connectivity index (χ2v) is 4.03. The van der Waals surface area contributed by atoms with Crippen molar-refractivity contribution in [1.82, 2.24) is 0 Å². The van der Waals surface area contributed by atoms with Crippen LogP contribution in [0.3, 0.4) is 0 Å². The Labute approximate surface area is 106 Å². The van der Waals surface area contributed by atoms with E-state index in [4.69, 9.17) is 0 Å². The molecule has 0 saturated carbocycles. The predicted molar refractivity (Wildman–Crippen MR) is 69.5 cm³/mol. The summed E-state index contributed by atoms with van der Waals surface area (Å²) in [6.45, 7) is 1.71. The van der Waals surface area contributed by atoms with E-state index in [2.05, 4.69) is 11.8 Å². The standard InChI is InChI=1S/C16H13FO/c1-12(18)14-9-6-13(7-10-14)8-11-15-4-2-3-5-16(15)17/h2-7,9-10,12,18H,1H3/t12-/m0/s1. The van der Waals surface area contributed by atoms with Crippen LogP contribution in [0.1, 0.15) is 29.7 Å². The molecule has 0 bridgehead atoms. The van der Waals surface area contributed by atoms with Gasteiger partial charge in [-0.15, -0.1) is 0 Å². The summed E-state index contributed by atoms with van der Waals surface area (Å²) in [5.41, 5.74) is 2.02. The van der Waals surface area contributed by atoms with Gasteiger partial charge < -0.3 is 5.11 Å². The van der Waals surface area contributed by atoms with Gasteiger partial charge in [0.1, 0.15) is 5.82 Å². The molecule has 1 atom stereocenters. The highest BCUT2D eigenvalue weighted by Gasteiger charge is 1.99. The minimum absolute atomic E-state index is 0.314. The second kappa shape index (κ2) is 5.48. The van der Waals surface area contributed by atoms with Gasteiger partial charge in [-0.2, -0.15) is 0 Å². The van der Waals surface area contributed by atoms with Crippen molar-refractivity contribution in [3.8, 4) is 11.8 Å². The van der Waals surface area contributed by atoms with E-state index in [1.165, 1.54) is 6.07 Å². The quantitative estimate of drug-likeness (QED) is 0.758. The van der Waals surface area contributed by atoms with Crippen LogP contribution in [0.25, 0.3) is 0 Å². The van der Waals surface area contributed by atoms with Crippen molar-refractivity contribution in [2.24, 2.45) is 0 Å². The molecule has 2 aromatic carbocycles. The summed E-state index contributed by atoms with van der Waals surface area (Å²) in [6, 6.07) is 13.7. The fraction of sp³-hybridized carbons (Fsp3) is 0.125. The van der Waals surface area contributed by atoms with Crippen molar-refractivity contribution >= 4 is 0 Å². The second-order valence-electron chi connectivity index (χ2n) is 4.03. The highest BCUT2D eigenvalue weighted by molar-refractivity contribution is 5.43. The van der Waals surface area contributed by atoms with Gasteiger partial charge in [0.15, 0.2) is 0 Å². The summed E-state index contributed by atoms with van der Waals surface area (Å²) in [4.78, 5) is 0. The van der Waals surface area contributed by atoms with Crippen LogP contribution >= 0.6 is 0 Å². The molecule has 0 unspecified atom stereocenters. The molecular weight excluding hydrogens is 227 g/mol. The zero-order chi connectivity index (χ0) is 13.0. The molecule has 0 aliphatic rings. The summed E-state index contributed by atoms with van der Waals surface area (Å²) in [5.74, 6) is 5.37. The molecule has 0 saturated heterocycles. The van der Waals surface area contributed by atoms with Crippen LogP contribution in [0.4, 0.5) is 4.39 Å². The average molecular weight is 240 g/mol.